The normalized spacial score (nSPS) is 10.4. The van der Waals surface area contributed by atoms with E-state index in [1.807, 2.05) is 30.5 Å². The predicted molar refractivity (Wildman–Crippen MR) is 84.9 cm³/mol. The molecule has 20 heavy (non-hydrogen) atoms. The summed E-state index contributed by atoms with van der Waals surface area (Å²) in [5.41, 5.74) is 1.17. The molecule has 0 unspecified atom stereocenters. The summed E-state index contributed by atoms with van der Waals surface area (Å²) in [6, 6.07) is 7.67. The van der Waals surface area contributed by atoms with E-state index >= 15 is 0 Å². The van der Waals surface area contributed by atoms with Crippen LogP contribution in [0.3, 0.4) is 0 Å². The highest BCUT2D eigenvalue weighted by atomic mass is 79.9. The van der Waals surface area contributed by atoms with Gasteiger partial charge in [0.25, 0.3) is 5.91 Å². The number of rotatable bonds is 7. The molecule has 0 aliphatic heterocycles. The quantitative estimate of drug-likeness (QED) is 0.752. The molecule has 0 atom stereocenters. The second-order valence-corrected chi connectivity index (χ2v) is 6.71. The van der Waals surface area contributed by atoms with Gasteiger partial charge in [0.2, 0.25) is 0 Å². The lowest BCUT2D eigenvalue weighted by atomic mass is 10.3. The first kappa shape index (κ1) is 15.2. The number of halogens is 1. The number of nitrogens with one attached hydrogen (secondary N) is 2. The molecule has 0 aliphatic carbocycles. The summed E-state index contributed by atoms with van der Waals surface area (Å²) in [5.74, 6) is -0.00652. The number of pyridine rings is 1. The molecular weight excluding hydrogens is 338 g/mol. The van der Waals surface area contributed by atoms with Crippen LogP contribution in [0.2, 0.25) is 0 Å². The maximum absolute atomic E-state index is 11.8. The molecule has 0 radical (unpaired) electrons. The van der Waals surface area contributed by atoms with Gasteiger partial charge in [-0.2, -0.15) is 0 Å². The van der Waals surface area contributed by atoms with Crippen molar-refractivity contribution in [3.05, 3.63) is 50.9 Å². The highest BCUT2D eigenvalue weighted by molar-refractivity contribution is 9.11. The Kier molecular flexibility index (Phi) is 6.17. The van der Waals surface area contributed by atoms with E-state index in [1.54, 1.807) is 6.20 Å². The molecular formula is C14H16BrN3OS. The third-order valence-corrected chi connectivity index (χ3v) is 4.29. The number of carbonyl (C=O) groups excluding carboxylic acids is 1. The van der Waals surface area contributed by atoms with Crippen molar-refractivity contribution in [3.8, 4) is 0 Å². The molecule has 0 bridgehead atoms. The molecule has 2 aromatic heterocycles. The van der Waals surface area contributed by atoms with Crippen LogP contribution in [0.4, 0.5) is 0 Å². The zero-order valence-electron chi connectivity index (χ0n) is 10.9. The predicted octanol–water partition coefficient (Wildman–Crippen LogP) is 2.82. The molecule has 4 nitrogen and oxygen atoms in total. The minimum Gasteiger partial charge on any atom is -0.351 e. The summed E-state index contributed by atoms with van der Waals surface area (Å²) in [4.78, 5) is 16.6. The standard InChI is InChI=1S/C14H16BrN3OS/c15-13-5-4-12(20-13)14(19)18-8-2-7-17-10-11-3-1-6-16-9-11/h1,3-6,9,17H,2,7-8,10H2,(H,18,19). The minimum atomic E-state index is -0.00652. The number of hydrogen-bond donors (Lipinski definition) is 2. The Balaban J connectivity index is 1.57. The Morgan fingerprint density at radius 3 is 2.90 bits per heavy atom. The fourth-order valence-electron chi connectivity index (χ4n) is 1.67. The van der Waals surface area contributed by atoms with Crippen LogP contribution in [0.15, 0.2) is 40.4 Å². The monoisotopic (exact) mass is 353 g/mol. The summed E-state index contributed by atoms with van der Waals surface area (Å²) >= 11 is 4.79. The van der Waals surface area contributed by atoms with E-state index in [2.05, 4.69) is 31.5 Å². The van der Waals surface area contributed by atoms with E-state index in [0.717, 1.165) is 28.2 Å². The van der Waals surface area contributed by atoms with Gasteiger partial charge in [0.15, 0.2) is 0 Å². The van der Waals surface area contributed by atoms with Gasteiger partial charge in [0, 0.05) is 25.5 Å². The fourth-order valence-corrected chi connectivity index (χ4v) is 2.98. The van der Waals surface area contributed by atoms with Crippen LogP contribution in [0.5, 0.6) is 0 Å². The highest BCUT2D eigenvalue weighted by Gasteiger charge is 2.06. The Morgan fingerprint density at radius 1 is 1.30 bits per heavy atom. The Morgan fingerprint density at radius 2 is 2.20 bits per heavy atom. The summed E-state index contributed by atoms with van der Waals surface area (Å²) in [5, 5.41) is 6.23. The van der Waals surface area contributed by atoms with E-state index in [9.17, 15) is 4.79 Å². The van der Waals surface area contributed by atoms with Crippen LogP contribution in [0, 0.1) is 0 Å². The van der Waals surface area contributed by atoms with Crippen molar-refractivity contribution < 1.29 is 4.79 Å². The van der Waals surface area contributed by atoms with Gasteiger partial charge in [-0.15, -0.1) is 11.3 Å². The average molecular weight is 354 g/mol. The number of carbonyl (C=O) groups is 1. The van der Waals surface area contributed by atoms with Gasteiger partial charge >= 0.3 is 0 Å². The molecule has 0 spiro atoms. The maximum atomic E-state index is 11.8. The molecule has 0 aromatic carbocycles. The molecule has 2 rings (SSSR count). The molecule has 6 heteroatoms. The molecule has 1 amide bonds. The van der Waals surface area contributed by atoms with Gasteiger partial charge in [-0.3, -0.25) is 9.78 Å². The molecule has 0 aliphatic rings. The molecule has 0 saturated carbocycles. The molecule has 0 saturated heterocycles. The fraction of sp³-hybridized carbons (Fsp3) is 0.286. The van der Waals surface area contributed by atoms with Gasteiger partial charge in [0.05, 0.1) is 8.66 Å². The van der Waals surface area contributed by atoms with Gasteiger partial charge in [-0.25, -0.2) is 0 Å². The molecule has 0 fully saturated rings. The third kappa shape index (κ3) is 5.03. The van der Waals surface area contributed by atoms with E-state index in [0.29, 0.717) is 6.54 Å². The topological polar surface area (TPSA) is 54.0 Å². The van der Waals surface area contributed by atoms with Crippen LogP contribution in [-0.2, 0) is 6.54 Å². The molecule has 2 heterocycles. The summed E-state index contributed by atoms with van der Waals surface area (Å²) < 4.78 is 0.973. The summed E-state index contributed by atoms with van der Waals surface area (Å²) in [7, 11) is 0. The number of amides is 1. The Hall–Kier alpha value is -1.24. The lowest BCUT2D eigenvalue weighted by Gasteiger charge is -2.05. The van der Waals surface area contributed by atoms with E-state index < -0.39 is 0 Å². The van der Waals surface area contributed by atoms with Crippen LogP contribution in [-0.4, -0.2) is 24.0 Å². The number of thiophene rings is 1. The zero-order chi connectivity index (χ0) is 14.2. The van der Waals surface area contributed by atoms with Crippen molar-refractivity contribution >= 4 is 33.2 Å². The van der Waals surface area contributed by atoms with Crippen molar-refractivity contribution in [2.45, 2.75) is 13.0 Å². The van der Waals surface area contributed by atoms with Gasteiger partial charge in [-0.1, -0.05) is 6.07 Å². The zero-order valence-corrected chi connectivity index (χ0v) is 13.3. The van der Waals surface area contributed by atoms with Crippen LogP contribution < -0.4 is 10.6 Å². The first-order valence-electron chi connectivity index (χ1n) is 6.39. The second kappa shape index (κ2) is 8.14. The number of nitrogens with zero attached hydrogens (tertiary/aromatic N) is 1. The van der Waals surface area contributed by atoms with Crippen LogP contribution >= 0.6 is 27.3 Å². The van der Waals surface area contributed by atoms with Crippen molar-refractivity contribution in [2.24, 2.45) is 0 Å². The lowest BCUT2D eigenvalue weighted by molar-refractivity contribution is 0.0957. The molecule has 2 aromatic rings. The van der Waals surface area contributed by atoms with E-state index in [4.69, 9.17) is 0 Å². The first-order valence-corrected chi connectivity index (χ1v) is 8.00. The maximum Gasteiger partial charge on any atom is 0.261 e. The number of hydrogen-bond acceptors (Lipinski definition) is 4. The van der Waals surface area contributed by atoms with Crippen molar-refractivity contribution in [1.29, 1.82) is 0 Å². The van der Waals surface area contributed by atoms with Gasteiger partial charge < -0.3 is 10.6 Å². The lowest BCUT2D eigenvalue weighted by Crippen LogP contribution is -2.26. The summed E-state index contributed by atoms with van der Waals surface area (Å²) in [6.07, 6.45) is 4.52. The van der Waals surface area contributed by atoms with Crippen molar-refractivity contribution in [2.75, 3.05) is 13.1 Å². The van der Waals surface area contributed by atoms with Crippen LogP contribution in [0.1, 0.15) is 21.7 Å². The van der Waals surface area contributed by atoms with Crippen LogP contribution in [0.25, 0.3) is 0 Å². The molecule has 106 valence electrons. The average Bonchev–Trinajstić information content (AvgIpc) is 2.90. The Labute approximate surface area is 130 Å². The number of aromatic nitrogens is 1. The minimum absolute atomic E-state index is 0.00652. The van der Waals surface area contributed by atoms with Crippen molar-refractivity contribution in [3.63, 3.8) is 0 Å². The smallest absolute Gasteiger partial charge is 0.261 e. The highest BCUT2D eigenvalue weighted by Crippen LogP contribution is 2.21. The summed E-state index contributed by atoms with van der Waals surface area (Å²) in [6.45, 7) is 2.34. The first-order chi connectivity index (χ1) is 9.75. The molecule has 2 N–H and O–H groups in total. The largest absolute Gasteiger partial charge is 0.351 e. The van der Waals surface area contributed by atoms with E-state index in [1.165, 1.54) is 16.9 Å². The van der Waals surface area contributed by atoms with Gasteiger partial charge in [0.1, 0.15) is 0 Å². The Bertz CT molecular complexity index is 544. The van der Waals surface area contributed by atoms with E-state index in [-0.39, 0.29) is 5.91 Å². The van der Waals surface area contributed by atoms with Crippen molar-refractivity contribution in [1.82, 2.24) is 15.6 Å². The SMILES string of the molecule is O=C(NCCCNCc1cccnc1)c1ccc(Br)s1. The second-order valence-electron chi connectivity index (χ2n) is 4.25. The third-order valence-electron chi connectivity index (χ3n) is 2.66. The van der Waals surface area contributed by atoms with Gasteiger partial charge in [-0.05, 0) is 52.7 Å².